The first-order valence-corrected chi connectivity index (χ1v) is 8.18. The van der Waals surface area contributed by atoms with Crippen molar-refractivity contribution in [3.05, 3.63) is 59.2 Å². The van der Waals surface area contributed by atoms with Gasteiger partial charge in [0.1, 0.15) is 11.5 Å². The molecule has 2 aromatic carbocycles. The summed E-state index contributed by atoms with van der Waals surface area (Å²) in [7, 11) is 1.63. The van der Waals surface area contributed by atoms with Gasteiger partial charge in [-0.05, 0) is 49.6 Å². The topological polar surface area (TPSA) is 47.6 Å². The standard InChI is InChI=1S/C20H25NO3/c1-5-18(24-19-11-6-14(2)12-15(19)3)20(22)21-13-16-7-9-17(23-4)10-8-16/h6-12,18H,5,13H2,1-4H3,(H,21,22). The normalized spacial score (nSPS) is 11.7. The van der Waals surface area contributed by atoms with Gasteiger partial charge < -0.3 is 14.8 Å². The number of carbonyl (C=O) groups is 1. The molecule has 1 unspecified atom stereocenters. The van der Waals surface area contributed by atoms with Crippen molar-refractivity contribution in [2.45, 2.75) is 39.8 Å². The number of hydrogen-bond acceptors (Lipinski definition) is 3. The Morgan fingerprint density at radius 1 is 1.12 bits per heavy atom. The fourth-order valence-electron chi connectivity index (χ4n) is 2.45. The number of methoxy groups -OCH3 is 1. The van der Waals surface area contributed by atoms with Crippen molar-refractivity contribution >= 4 is 5.91 Å². The van der Waals surface area contributed by atoms with Gasteiger partial charge in [-0.3, -0.25) is 4.79 Å². The molecule has 24 heavy (non-hydrogen) atoms. The van der Waals surface area contributed by atoms with E-state index in [2.05, 4.69) is 11.4 Å². The van der Waals surface area contributed by atoms with Crippen LogP contribution >= 0.6 is 0 Å². The lowest BCUT2D eigenvalue weighted by Gasteiger charge is -2.19. The maximum absolute atomic E-state index is 12.4. The lowest BCUT2D eigenvalue weighted by atomic mass is 10.1. The van der Waals surface area contributed by atoms with Gasteiger partial charge in [0.15, 0.2) is 6.10 Å². The predicted molar refractivity (Wildman–Crippen MR) is 95.5 cm³/mol. The Labute approximate surface area is 143 Å². The third kappa shape index (κ3) is 4.75. The molecular formula is C20H25NO3. The average Bonchev–Trinajstić information content (AvgIpc) is 2.59. The highest BCUT2D eigenvalue weighted by Gasteiger charge is 2.18. The third-order valence-electron chi connectivity index (χ3n) is 3.89. The lowest BCUT2D eigenvalue weighted by Crippen LogP contribution is -2.37. The molecule has 0 saturated carbocycles. The molecule has 2 aromatic rings. The molecule has 4 nitrogen and oxygen atoms in total. The number of amides is 1. The van der Waals surface area contributed by atoms with Crippen LogP contribution in [0.3, 0.4) is 0 Å². The zero-order valence-corrected chi connectivity index (χ0v) is 14.8. The second-order valence-electron chi connectivity index (χ2n) is 5.85. The van der Waals surface area contributed by atoms with Gasteiger partial charge in [0.25, 0.3) is 5.91 Å². The quantitative estimate of drug-likeness (QED) is 0.842. The molecule has 0 bridgehead atoms. The summed E-state index contributed by atoms with van der Waals surface area (Å²) in [5.74, 6) is 1.45. The highest BCUT2D eigenvalue weighted by atomic mass is 16.5. The number of nitrogens with one attached hydrogen (secondary N) is 1. The van der Waals surface area contributed by atoms with E-state index < -0.39 is 6.10 Å². The van der Waals surface area contributed by atoms with Gasteiger partial charge in [-0.25, -0.2) is 0 Å². The third-order valence-corrected chi connectivity index (χ3v) is 3.89. The van der Waals surface area contributed by atoms with Crippen LogP contribution in [0.15, 0.2) is 42.5 Å². The molecule has 0 aliphatic heterocycles. The molecule has 0 aliphatic rings. The molecule has 2 rings (SSSR count). The molecule has 1 N–H and O–H groups in total. The minimum absolute atomic E-state index is 0.103. The lowest BCUT2D eigenvalue weighted by molar-refractivity contribution is -0.128. The van der Waals surface area contributed by atoms with Crippen molar-refractivity contribution in [2.75, 3.05) is 7.11 Å². The van der Waals surface area contributed by atoms with Crippen LogP contribution in [0.1, 0.15) is 30.0 Å². The van der Waals surface area contributed by atoms with E-state index in [4.69, 9.17) is 9.47 Å². The smallest absolute Gasteiger partial charge is 0.261 e. The number of ether oxygens (including phenoxy) is 2. The summed E-state index contributed by atoms with van der Waals surface area (Å²) in [4.78, 5) is 12.4. The van der Waals surface area contributed by atoms with Gasteiger partial charge in [-0.1, -0.05) is 36.8 Å². The van der Waals surface area contributed by atoms with Gasteiger partial charge in [0, 0.05) is 6.54 Å². The Kier molecular flexibility index (Phi) is 6.24. The molecule has 0 aliphatic carbocycles. The molecular weight excluding hydrogens is 302 g/mol. The van der Waals surface area contributed by atoms with Gasteiger partial charge in [0.2, 0.25) is 0 Å². The summed E-state index contributed by atoms with van der Waals surface area (Å²) in [5, 5.41) is 2.93. The maximum Gasteiger partial charge on any atom is 0.261 e. The summed E-state index contributed by atoms with van der Waals surface area (Å²) < 4.78 is 11.0. The Bertz CT molecular complexity index is 680. The summed E-state index contributed by atoms with van der Waals surface area (Å²) in [5.41, 5.74) is 3.23. The van der Waals surface area contributed by atoms with E-state index in [1.165, 1.54) is 5.56 Å². The number of benzene rings is 2. The van der Waals surface area contributed by atoms with Crippen molar-refractivity contribution < 1.29 is 14.3 Å². The van der Waals surface area contributed by atoms with Crippen molar-refractivity contribution in [1.29, 1.82) is 0 Å². The Morgan fingerprint density at radius 3 is 2.42 bits per heavy atom. The monoisotopic (exact) mass is 327 g/mol. The van der Waals surface area contributed by atoms with E-state index in [1.807, 2.05) is 57.2 Å². The fraction of sp³-hybridized carbons (Fsp3) is 0.350. The van der Waals surface area contributed by atoms with Gasteiger partial charge in [-0.2, -0.15) is 0 Å². The Balaban J connectivity index is 1.95. The average molecular weight is 327 g/mol. The molecule has 0 spiro atoms. The van der Waals surface area contributed by atoms with E-state index in [-0.39, 0.29) is 5.91 Å². The SMILES string of the molecule is CCC(Oc1ccc(C)cc1C)C(=O)NCc1ccc(OC)cc1. The second kappa shape index (κ2) is 8.39. The molecule has 1 atom stereocenters. The first kappa shape index (κ1) is 17.9. The molecule has 0 fully saturated rings. The molecule has 1 amide bonds. The van der Waals surface area contributed by atoms with Crippen LogP contribution < -0.4 is 14.8 Å². The molecule has 0 aromatic heterocycles. The highest BCUT2D eigenvalue weighted by Crippen LogP contribution is 2.21. The largest absolute Gasteiger partial charge is 0.497 e. The molecule has 0 heterocycles. The minimum atomic E-state index is -0.496. The van der Waals surface area contributed by atoms with E-state index in [0.717, 1.165) is 22.6 Å². The number of aryl methyl sites for hydroxylation is 2. The van der Waals surface area contributed by atoms with Crippen molar-refractivity contribution in [1.82, 2.24) is 5.32 Å². The van der Waals surface area contributed by atoms with Crippen LogP contribution in [0.5, 0.6) is 11.5 Å². The van der Waals surface area contributed by atoms with Crippen LogP contribution in [0.2, 0.25) is 0 Å². The van der Waals surface area contributed by atoms with E-state index in [0.29, 0.717) is 13.0 Å². The Hall–Kier alpha value is -2.49. The summed E-state index contributed by atoms with van der Waals surface area (Å²) in [6.45, 7) is 6.44. The molecule has 4 heteroatoms. The molecule has 0 radical (unpaired) electrons. The van der Waals surface area contributed by atoms with Gasteiger partial charge in [-0.15, -0.1) is 0 Å². The number of carbonyl (C=O) groups excluding carboxylic acids is 1. The zero-order valence-electron chi connectivity index (χ0n) is 14.8. The highest BCUT2D eigenvalue weighted by molar-refractivity contribution is 5.81. The summed E-state index contributed by atoms with van der Waals surface area (Å²) >= 11 is 0. The van der Waals surface area contributed by atoms with Crippen molar-refractivity contribution in [2.24, 2.45) is 0 Å². The van der Waals surface area contributed by atoms with Crippen LogP contribution in [0.25, 0.3) is 0 Å². The van der Waals surface area contributed by atoms with E-state index in [9.17, 15) is 4.79 Å². The van der Waals surface area contributed by atoms with Crippen molar-refractivity contribution in [3.8, 4) is 11.5 Å². The first-order chi connectivity index (χ1) is 11.5. The van der Waals surface area contributed by atoms with Crippen LogP contribution in [-0.4, -0.2) is 19.1 Å². The summed E-state index contributed by atoms with van der Waals surface area (Å²) in [6, 6.07) is 13.6. The van der Waals surface area contributed by atoms with Crippen LogP contribution in [0.4, 0.5) is 0 Å². The Morgan fingerprint density at radius 2 is 1.83 bits per heavy atom. The zero-order chi connectivity index (χ0) is 17.5. The van der Waals surface area contributed by atoms with Crippen molar-refractivity contribution in [3.63, 3.8) is 0 Å². The molecule has 0 saturated heterocycles. The van der Waals surface area contributed by atoms with E-state index >= 15 is 0 Å². The van der Waals surface area contributed by atoms with Crippen LogP contribution in [0, 0.1) is 13.8 Å². The van der Waals surface area contributed by atoms with Gasteiger partial charge in [0.05, 0.1) is 7.11 Å². The van der Waals surface area contributed by atoms with Crippen LogP contribution in [-0.2, 0) is 11.3 Å². The molecule has 128 valence electrons. The summed E-state index contributed by atoms with van der Waals surface area (Å²) in [6.07, 6.45) is 0.117. The fourth-order valence-corrected chi connectivity index (χ4v) is 2.45. The number of hydrogen-bond donors (Lipinski definition) is 1. The van der Waals surface area contributed by atoms with Gasteiger partial charge >= 0.3 is 0 Å². The predicted octanol–water partition coefficient (Wildman–Crippen LogP) is 3.79. The maximum atomic E-state index is 12.4. The van der Waals surface area contributed by atoms with E-state index in [1.54, 1.807) is 7.11 Å². The first-order valence-electron chi connectivity index (χ1n) is 8.18. The minimum Gasteiger partial charge on any atom is -0.497 e. The number of rotatable bonds is 7. The second-order valence-corrected chi connectivity index (χ2v) is 5.85.